The Labute approximate surface area is 164 Å². The largest absolute Gasteiger partial charge is 0.508 e. The number of halogens is 1. The van der Waals surface area contributed by atoms with Gasteiger partial charge in [0.15, 0.2) is 5.96 Å². The van der Waals surface area contributed by atoms with E-state index in [0.29, 0.717) is 30.2 Å². The highest BCUT2D eigenvalue weighted by Crippen LogP contribution is 2.11. The number of amides is 1. The standard InChI is InChI=1S/C20H25ClN4O2/c1-2-22-20(25-14-15-6-3-8-17(21)12-15)24-11-5-10-23-19(27)16-7-4-9-18(26)13-16/h3-4,6-9,12-13,26H,2,5,10-11,14H2,1H3,(H,23,27)(H2,22,24,25). The number of carbonyl (C=O) groups is 1. The van der Waals surface area contributed by atoms with Gasteiger partial charge in [-0.2, -0.15) is 0 Å². The summed E-state index contributed by atoms with van der Waals surface area (Å²) in [7, 11) is 0. The average molecular weight is 389 g/mol. The molecule has 0 aliphatic carbocycles. The van der Waals surface area contributed by atoms with Crippen LogP contribution < -0.4 is 16.0 Å². The second kappa shape index (κ2) is 11.1. The van der Waals surface area contributed by atoms with Crippen molar-refractivity contribution in [1.29, 1.82) is 0 Å². The van der Waals surface area contributed by atoms with Gasteiger partial charge in [-0.25, -0.2) is 4.99 Å². The molecule has 6 nitrogen and oxygen atoms in total. The fraction of sp³-hybridized carbons (Fsp3) is 0.300. The third kappa shape index (κ3) is 7.58. The Morgan fingerprint density at radius 2 is 1.85 bits per heavy atom. The monoisotopic (exact) mass is 388 g/mol. The first kappa shape index (κ1) is 20.6. The second-order valence-corrected chi connectivity index (χ2v) is 6.35. The second-order valence-electron chi connectivity index (χ2n) is 5.91. The molecule has 2 rings (SSSR count). The molecule has 2 aromatic rings. The molecule has 2 aromatic carbocycles. The molecule has 0 unspecified atom stereocenters. The van der Waals surface area contributed by atoms with E-state index >= 15 is 0 Å². The molecular formula is C20H25ClN4O2. The molecule has 0 bridgehead atoms. The van der Waals surface area contributed by atoms with E-state index in [1.165, 1.54) is 12.1 Å². The van der Waals surface area contributed by atoms with E-state index < -0.39 is 0 Å². The van der Waals surface area contributed by atoms with E-state index in [2.05, 4.69) is 20.9 Å². The Morgan fingerprint density at radius 3 is 2.59 bits per heavy atom. The minimum absolute atomic E-state index is 0.0792. The van der Waals surface area contributed by atoms with Crippen LogP contribution in [-0.2, 0) is 6.54 Å². The van der Waals surface area contributed by atoms with Gasteiger partial charge in [-0.3, -0.25) is 4.79 Å². The van der Waals surface area contributed by atoms with Crippen molar-refractivity contribution in [3.8, 4) is 5.75 Å². The summed E-state index contributed by atoms with van der Waals surface area (Å²) in [5, 5.41) is 19.4. The van der Waals surface area contributed by atoms with Crippen molar-refractivity contribution >= 4 is 23.5 Å². The minimum atomic E-state index is -0.201. The lowest BCUT2D eigenvalue weighted by Crippen LogP contribution is -2.38. The lowest BCUT2D eigenvalue weighted by Gasteiger charge is -2.12. The van der Waals surface area contributed by atoms with Crippen LogP contribution in [0.5, 0.6) is 5.75 Å². The molecule has 1 amide bonds. The van der Waals surface area contributed by atoms with Crippen molar-refractivity contribution in [3.05, 3.63) is 64.7 Å². The predicted molar refractivity (Wildman–Crippen MR) is 109 cm³/mol. The van der Waals surface area contributed by atoms with Crippen molar-refractivity contribution in [3.63, 3.8) is 0 Å². The number of phenols is 1. The summed E-state index contributed by atoms with van der Waals surface area (Å²) in [5.74, 6) is 0.597. The topological polar surface area (TPSA) is 85.8 Å². The lowest BCUT2D eigenvalue weighted by molar-refractivity contribution is 0.0953. The molecule has 0 aliphatic heterocycles. The van der Waals surface area contributed by atoms with Gasteiger partial charge in [0.1, 0.15) is 5.75 Å². The van der Waals surface area contributed by atoms with Gasteiger partial charge in [0, 0.05) is 30.2 Å². The lowest BCUT2D eigenvalue weighted by atomic mass is 10.2. The first-order valence-electron chi connectivity index (χ1n) is 8.92. The summed E-state index contributed by atoms with van der Waals surface area (Å²) >= 11 is 5.99. The minimum Gasteiger partial charge on any atom is -0.508 e. The predicted octanol–water partition coefficient (Wildman–Crippen LogP) is 2.92. The zero-order valence-electron chi connectivity index (χ0n) is 15.3. The number of carbonyl (C=O) groups excluding carboxylic acids is 1. The van der Waals surface area contributed by atoms with Crippen LogP contribution in [0, 0.1) is 0 Å². The van der Waals surface area contributed by atoms with Crippen molar-refractivity contribution in [1.82, 2.24) is 16.0 Å². The highest BCUT2D eigenvalue weighted by Gasteiger charge is 2.05. The van der Waals surface area contributed by atoms with Crippen molar-refractivity contribution in [2.24, 2.45) is 4.99 Å². The van der Waals surface area contributed by atoms with Crippen molar-refractivity contribution in [2.75, 3.05) is 19.6 Å². The van der Waals surface area contributed by atoms with E-state index in [4.69, 9.17) is 11.6 Å². The first-order valence-corrected chi connectivity index (χ1v) is 9.30. The van der Waals surface area contributed by atoms with Gasteiger partial charge >= 0.3 is 0 Å². The molecule has 4 N–H and O–H groups in total. The molecule has 0 heterocycles. The summed E-state index contributed by atoms with van der Waals surface area (Å²) in [6, 6.07) is 13.9. The van der Waals surface area contributed by atoms with Gasteiger partial charge in [-0.05, 0) is 49.2 Å². The number of hydrogen-bond acceptors (Lipinski definition) is 3. The van der Waals surface area contributed by atoms with Crippen LogP contribution in [0.25, 0.3) is 0 Å². The van der Waals surface area contributed by atoms with Crippen LogP contribution in [0.15, 0.2) is 53.5 Å². The number of guanidine groups is 1. The number of aromatic hydroxyl groups is 1. The molecule has 7 heteroatoms. The SMILES string of the molecule is CCNC(=NCc1cccc(Cl)c1)NCCCNC(=O)c1cccc(O)c1. The van der Waals surface area contributed by atoms with Crippen LogP contribution in [-0.4, -0.2) is 36.6 Å². The molecule has 0 spiro atoms. The first-order chi connectivity index (χ1) is 13.1. The van der Waals surface area contributed by atoms with E-state index in [-0.39, 0.29) is 11.7 Å². The van der Waals surface area contributed by atoms with Gasteiger partial charge in [0.05, 0.1) is 6.54 Å². The van der Waals surface area contributed by atoms with Crippen LogP contribution in [0.3, 0.4) is 0 Å². The van der Waals surface area contributed by atoms with Crippen LogP contribution in [0.4, 0.5) is 0 Å². The zero-order chi connectivity index (χ0) is 19.5. The van der Waals surface area contributed by atoms with Crippen LogP contribution in [0.1, 0.15) is 29.3 Å². The molecule has 0 radical (unpaired) electrons. The number of phenolic OH excluding ortho intramolecular Hbond substituents is 1. The fourth-order valence-electron chi connectivity index (χ4n) is 2.39. The molecule has 0 atom stereocenters. The van der Waals surface area contributed by atoms with Crippen LogP contribution >= 0.6 is 11.6 Å². The maximum Gasteiger partial charge on any atom is 0.251 e. The number of hydrogen-bond donors (Lipinski definition) is 4. The number of rotatable bonds is 8. The number of aliphatic imine (C=N–C) groups is 1. The van der Waals surface area contributed by atoms with E-state index in [0.717, 1.165) is 24.5 Å². The summed E-state index contributed by atoms with van der Waals surface area (Å²) < 4.78 is 0. The van der Waals surface area contributed by atoms with E-state index in [1.807, 2.05) is 31.2 Å². The smallest absolute Gasteiger partial charge is 0.251 e. The van der Waals surface area contributed by atoms with Gasteiger partial charge in [-0.1, -0.05) is 29.8 Å². The molecular weight excluding hydrogens is 364 g/mol. The van der Waals surface area contributed by atoms with Crippen LogP contribution in [0.2, 0.25) is 5.02 Å². The quantitative estimate of drug-likeness (QED) is 0.318. The Bertz CT molecular complexity index is 780. The Morgan fingerprint density at radius 1 is 1.07 bits per heavy atom. The van der Waals surface area contributed by atoms with Gasteiger partial charge in [-0.15, -0.1) is 0 Å². The average Bonchev–Trinajstić information content (AvgIpc) is 2.65. The Hall–Kier alpha value is -2.73. The molecule has 0 aliphatic rings. The van der Waals surface area contributed by atoms with Gasteiger partial charge < -0.3 is 21.1 Å². The maximum absolute atomic E-state index is 12.0. The zero-order valence-corrected chi connectivity index (χ0v) is 16.1. The summed E-state index contributed by atoms with van der Waals surface area (Å²) in [4.78, 5) is 16.5. The third-order valence-electron chi connectivity index (χ3n) is 3.69. The Kier molecular flexibility index (Phi) is 8.45. The number of nitrogens with zero attached hydrogens (tertiary/aromatic N) is 1. The highest BCUT2D eigenvalue weighted by molar-refractivity contribution is 6.30. The normalized spacial score (nSPS) is 11.1. The van der Waals surface area contributed by atoms with E-state index in [1.54, 1.807) is 12.1 Å². The number of benzene rings is 2. The third-order valence-corrected chi connectivity index (χ3v) is 3.93. The molecule has 144 valence electrons. The Balaban J connectivity index is 1.74. The van der Waals surface area contributed by atoms with Gasteiger partial charge in [0.2, 0.25) is 0 Å². The fourth-order valence-corrected chi connectivity index (χ4v) is 2.61. The summed E-state index contributed by atoms with van der Waals surface area (Å²) in [6.45, 7) is 4.49. The highest BCUT2D eigenvalue weighted by atomic mass is 35.5. The molecule has 0 saturated carbocycles. The summed E-state index contributed by atoms with van der Waals surface area (Å²) in [6.07, 6.45) is 0.742. The molecule has 27 heavy (non-hydrogen) atoms. The summed E-state index contributed by atoms with van der Waals surface area (Å²) in [5.41, 5.74) is 1.48. The van der Waals surface area contributed by atoms with E-state index in [9.17, 15) is 9.90 Å². The maximum atomic E-state index is 12.0. The molecule has 0 fully saturated rings. The number of nitrogens with one attached hydrogen (secondary N) is 3. The van der Waals surface area contributed by atoms with Gasteiger partial charge in [0.25, 0.3) is 5.91 Å². The van der Waals surface area contributed by atoms with Crippen molar-refractivity contribution < 1.29 is 9.90 Å². The molecule has 0 aromatic heterocycles. The molecule has 0 saturated heterocycles. The van der Waals surface area contributed by atoms with Crippen molar-refractivity contribution in [2.45, 2.75) is 19.9 Å².